The van der Waals surface area contributed by atoms with Crippen molar-refractivity contribution in [3.63, 3.8) is 0 Å². The minimum absolute atomic E-state index is 0.356. The van der Waals surface area contributed by atoms with Gasteiger partial charge in [-0.1, -0.05) is 39.8 Å². The topological polar surface area (TPSA) is 57.4 Å². The highest BCUT2D eigenvalue weighted by atomic mass is 14.8. The minimum Gasteiger partial charge on any atom is -0.355 e. The van der Waals surface area contributed by atoms with Crippen LogP contribution in [0.1, 0.15) is 103 Å². The van der Waals surface area contributed by atoms with Crippen molar-refractivity contribution < 1.29 is 0 Å². The molecule has 2 aliphatic rings. The third-order valence-corrected chi connectivity index (χ3v) is 8.28. The fourth-order valence-electron chi connectivity index (χ4n) is 5.99. The Kier molecular flexibility index (Phi) is 6.23. The fourth-order valence-corrected chi connectivity index (χ4v) is 5.99. The zero-order valence-corrected chi connectivity index (χ0v) is 22.8. The summed E-state index contributed by atoms with van der Waals surface area (Å²) >= 11 is 0. The maximum Gasteiger partial charge on any atom is 0.0687 e. The summed E-state index contributed by atoms with van der Waals surface area (Å²) in [4.78, 5) is 17.8. The van der Waals surface area contributed by atoms with Gasteiger partial charge in [-0.2, -0.15) is 0 Å². The Balaban J connectivity index is 1.97. The van der Waals surface area contributed by atoms with Gasteiger partial charge in [0.15, 0.2) is 0 Å². The van der Waals surface area contributed by atoms with E-state index in [1.807, 2.05) is 6.08 Å². The molecule has 4 nitrogen and oxygen atoms in total. The number of rotatable bonds is 4. The van der Waals surface area contributed by atoms with Gasteiger partial charge in [-0.3, -0.25) is 4.98 Å². The number of aromatic nitrogens is 4. The van der Waals surface area contributed by atoms with Gasteiger partial charge in [-0.25, -0.2) is 4.98 Å². The second-order valence-corrected chi connectivity index (χ2v) is 10.5. The van der Waals surface area contributed by atoms with Crippen molar-refractivity contribution >= 4 is 39.8 Å². The van der Waals surface area contributed by atoms with Crippen molar-refractivity contribution in [2.45, 2.75) is 79.6 Å². The summed E-state index contributed by atoms with van der Waals surface area (Å²) in [5.74, 6) is 0.760. The van der Waals surface area contributed by atoms with E-state index in [1.54, 1.807) is 0 Å². The van der Waals surface area contributed by atoms with Crippen molar-refractivity contribution in [2.75, 3.05) is 0 Å². The van der Waals surface area contributed by atoms with Gasteiger partial charge in [0.05, 0.1) is 11.4 Å². The van der Waals surface area contributed by atoms with Crippen LogP contribution in [0.25, 0.3) is 39.8 Å². The van der Waals surface area contributed by atoms with Gasteiger partial charge >= 0.3 is 0 Å². The van der Waals surface area contributed by atoms with E-state index < -0.39 is 0 Å². The lowest BCUT2D eigenvalue weighted by molar-refractivity contribution is 0.547. The number of aromatic amines is 2. The predicted octanol–water partition coefficient (Wildman–Crippen LogP) is 8.69. The third-order valence-electron chi connectivity index (χ3n) is 8.28. The molecule has 0 aliphatic carbocycles. The highest BCUT2D eigenvalue weighted by Gasteiger charge is 2.30. The van der Waals surface area contributed by atoms with Gasteiger partial charge in [0, 0.05) is 50.9 Å². The molecule has 3 aromatic heterocycles. The summed E-state index contributed by atoms with van der Waals surface area (Å²) in [6, 6.07) is 6.70. The third kappa shape index (κ3) is 3.84. The molecular formula is C32H38N4. The molecule has 0 saturated carbocycles. The van der Waals surface area contributed by atoms with Crippen LogP contribution in [0.5, 0.6) is 0 Å². The summed E-state index contributed by atoms with van der Waals surface area (Å²) in [7, 11) is 0. The molecular weight excluding hydrogens is 440 g/mol. The number of nitrogens with zero attached hydrogens (tertiary/aromatic N) is 2. The number of aryl methyl sites for hydroxylation is 3. The number of hydrogen-bond acceptors (Lipinski definition) is 2. The highest BCUT2D eigenvalue weighted by Crippen LogP contribution is 2.41. The number of H-pyrrole nitrogens is 2. The van der Waals surface area contributed by atoms with Gasteiger partial charge in [0.25, 0.3) is 0 Å². The molecule has 2 atom stereocenters. The molecule has 0 amide bonds. The molecule has 4 heteroatoms. The minimum atomic E-state index is 0.356. The maximum atomic E-state index is 5.25. The molecule has 2 aliphatic heterocycles. The van der Waals surface area contributed by atoms with Crippen molar-refractivity contribution in [3.05, 3.63) is 75.4 Å². The van der Waals surface area contributed by atoms with Crippen LogP contribution < -0.4 is 0 Å². The summed E-state index contributed by atoms with van der Waals surface area (Å²) in [6.07, 6.45) is 7.41. The summed E-state index contributed by atoms with van der Waals surface area (Å²) in [5.41, 5.74) is 16.2. The molecule has 0 spiro atoms. The van der Waals surface area contributed by atoms with E-state index in [9.17, 15) is 0 Å². The number of hydrogen-bond donors (Lipinski definition) is 2. The first-order chi connectivity index (χ1) is 17.3. The number of nitrogens with one attached hydrogen (secondary N) is 2. The first-order valence-corrected chi connectivity index (χ1v) is 13.3. The molecule has 5 heterocycles. The Hall–Kier alpha value is -3.40. The summed E-state index contributed by atoms with van der Waals surface area (Å²) in [6.45, 7) is 19.7. The van der Waals surface area contributed by atoms with E-state index in [2.05, 4.69) is 89.3 Å². The molecule has 0 radical (unpaired) electrons. The lowest BCUT2D eigenvalue weighted by atomic mass is 9.86. The first-order valence-electron chi connectivity index (χ1n) is 13.3. The molecule has 36 heavy (non-hydrogen) atoms. The first kappa shape index (κ1) is 24.3. The Labute approximate surface area is 214 Å². The SMILES string of the molecule is C=Cc1c(C)c2cc3nc(c(C)c4nc(cc5[nH]c(cc1[nH]2)c(C)c5CC)C(C)=C4)[C@@H](CCC)C3C. The molecule has 5 rings (SSSR count). The largest absolute Gasteiger partial charge is 0.355 e. The molecule has 186 valence electrons. The van der Waals surface area contributed by atoms with Gasteiger partial charge in [-0.15, -0.1) is 0 Å². The molecule has 0 saturated heterocycles. The van der Waals surface area contributed by atoms with E-state index in [4.69, 9.17) is 9.97 Å². The van der Waals surface area contributed by atoms with Crippen LogP contribution in [0.3, 0.4) is 0 Å². The predicted molar refractivity (Wildman–Crippen MR) is 154 cm³/mol. The van der Waals surface area contributed by atoms with Crippen LogP contribution in [0.4, 0.5) is 0 Å². The van der Waals surface area contributed by atoms with E-state index in [-0.39, 0.29) is 0 Å². The molecule has 0 aromatic carbocycles. The van der Waals surface area contributed by atoms with Crippen molar-refractivity contribution in [3.8, 4) is 0 Å². The zero-order chi connectivity index (χ0) is 25.7. The summed E-state index contributed by atoms with van der Waals surface area (Å²) in [5, 5.41) is 0. The molecule has 2 N–H and O–H groups in total. The molecule has 8 bridgehead atoms. The standard InChI is InChI=1S/C32H38N4/c1-9-12-24-20(7)29-15-27-18(5)23(11-3)31(34-27)16-28-19(6)22(10-2)30(35-28)14-25-17(4)13-26(33-25)21(8)32(24)36-29/h11,13-16,20,24,34-35H,3,9-10,12H2,1-2,4-8H3/t20?,24-/m0/s1. The van der Waals surface area contributed by atoms with Gasteiger partial charge in [0.1, 0.15) is 0 Å². The number of allylic oxidation sites excluding steroid dienone is 1. The highest BCUT2D eigenvalue weighted by molar-refractivity contribution is 5.86. The van der Waals surface area contributed by atoms with Crippen LogP contribution in [0, 0.1) is 20.8 Å². The van der Waals surface area contributed by atoms with Crippen LogP contribution in [0.15, 0.2) is 24.8 Å². The molecule has 3 aromatic rings. The van der Waals surface area contributed by atoms with Gasteiger partial charge in [0.2, 0.25) is 0 Å². The van der Waals surface area contributed by atoms with Gasteiger partial charge < -0.3 is 9.97 Å². The second-order valence-electron chi connectivity index (χ2n) is 10.5. The second kappa shape index (κ2) is 9.24. The normalized spacial score (nSPS) is 17.4. The lowest BCUT2D eigenvalue weighted by Gasteiger charge is -2.16. The Morgan fingerprint density at radius 3 is 2.31 bits per heavy atom. The van der Waals surface area contributed by atoms with Crippen LogP contribution >= 0.6 is 0 Å². The monoisotopic (exact) mass is 478 g/mol. The van der Waals surface area contributed by atoms with Crippen LogP contribution in [-0.4, -0.2) is 19.9 Å². The summed E-state index contributed by atoms with van der Waals surface area (Å²) < 4.78 is 0. The van der Waals surface area contributed by atoms with Crippen LogP contribution in [-0.2, 0) is 6.42 Å². The zero-order valence-electron chi connectivity index (χ0n) is 22.8. The quantitative estimate of drug-likeness (QED) is 0.394. The average molecular weight is 479 g/mol. The fraction of sp³-hybridized carbons (Fsp3) is 0.375. The van der Waals surface area contributed by atoms with Gasteiger partial charge in [-0.05, 0) is 92.6 Å². The smallest absolute Gasteiger partial charge is 0.0687 e. The van der Waals surface area contributed by atoms with Crippen molar-refractivity contribution in [1.82, 2.24) is 19.9 Å². The van der Waals surface area contributed by atoms with Crippen LogP contribution in [0.2, 0.25) is 0 Å². The van der Waals surface area contributed by atoms with E-state index >= 15 is 0 Å². The Morgan fingerprint density at radius 1 is 0.889 bits per heavy atom. The Morgan fingerprint density at radius 2 is 1.61 bits per heavy atom. The van der Waals surface area contributed by atoms with Crippen molar-refractivity contribution in [1.29, 1.82) is 0 Å². The maximum absolute atomic E-state index is 5.25. The average Bonchev–Trinajstić information content (AvgIpc) is 3.54. The molecule has 1 unspecified atom stereocenters. The van der Waals surface area contributed by atoms with Crippen molar-refractivity contribution in [2.24, 2.45) is 0 Å². The Bertz CT molecular complexity index is 1560. The molecule has 0 fully saturated rings. The lowest BCUT2D eigenvalue weighted by Crippen LogP contribution is -2.03. The van der Waals surface area contributed by atoms with E-state index in [0.29, 0.717) is 11.8 Å². The number of fused-ring (bicyclic) bond motifs is 8. The van der Waals surface area contributed by atoms with E-state index in [0.717, 1.165) is 64.0 Å². The van der Waals surface area contributed by atoms with E-state index in [1.165, 1.54) is 33.5 Å².